The molecule has 0 unspecified atom stereocenters. The van der Waals surface area contributed by atoms with Crippen LogP contribution in [0.2, 0.25) is 0 Å². The van der Waals surface area contributed by atoms with Gasteiger partial charge in [-0.15, -0.1) is 6.58 Å². The van der Waals surface area contributed by atoms with Crippen molar-refractivity contribution in [3.8, 4) is 0 Å². The average Bonchev–Trinajstić information content (AvgIpc) is 2.65. The Morgan fingerprint density at radius 3 is 2.42 bits per heavy atom. The van der Waals surface area contributed by atoms with Crippen LogP contribution in [0, 0.1) is 5.92 Å². The Labute approximate surface area is 155 Å². The van der Waals surface area contributed by atoms with Crippen LogP contribution in [0.4, 0.5) is 0 Å². The van der Waals surface area contributed by atoms with Crippen LogP contribution in [0.5, 0.6) is 0 Å². The largest absolute Gasteiger partial charge is 0.478 e. The molecule has 1 N–H and O–H groups in total. The first-order chi connectivity index (χ1) is 12.6. The Hall–Kier alpha value is -2.36. The average molecular weight is 356 g/mol. The van der Waals surface area contributed by atoms with Crippen molar-refractivity contribution in [1.29, 1.82) is 0 Å². The molecule has 0 atom stereocenters. The van der Waals surface area contributed by atoms with E-state index in [1.165, 1.54) is 25.3 Å². The Balaban J connectivity index is 1.74. The standard InChI is InChI=1S/C22H28O4/c1-2-3-4-5-6-17-9-14-20(15-10-17)26-22(25)19-12-7-18(8-13-19)11-16-21(23)24/h2,7-8,11-13,16-17,20H,1,3-6,9-10,14-15H2,(H,23,24). The number of unbranched alkanes of at least 4 members (excludes halogenated alkanes) is 2. The highest BCUT2D eigenvalue weighted by molar-refractivity contribution is 5.90. The Morgan fingerprint density at radius 2 is 1.81 bits per heavy atom. The fourth-order valence-corrected chi connectivity index (χ4v) is 3.38. The van der Waals surface area contributed by atoms with Crippen LogP contribution in [0.15, 0.2) is 43.0 Å². The number of carboxylic acids is 1. The monoisotopic (exact) mass is 356 g/mol. The van der Waals surface area contributed by atoms with Gasteiger partial charge in [-0.25, -0.2) is 9.59 Å². The summed E-state index contributed by atoms with van der Waals surface area (Å²) in [6, 6.07) is 6.79. The third-order valence-corrected chi connectivity index (χ3v) is 4.90. The van der Waals surface area contributed by atoms with Gasteiger partial charge in [0.1, 0.15) is 6.10 Å². The molecule has 0 saturated heterocycles. The van der Waals surface area contributed by atoms with Gasteiger partial charge in [-0.1, -0.05) is 31.1 Å². The van der Waals surface area contributed by atoms with Crippen LogP contribution in [-0.4, -0.2) is 23.1 Å². The SMILES string of the molecule is C=CCCCCC1CCC(OC(=O)c2ccc(C=CC(=O)O)cc2)CC1. The van der Waals surface area contributed by atoms with Gasteiger partial charge in [-0.3, -0.25) is 0 Å². The molecule has 1 aromatic carbocycles. The zero-order valence-corrected chi connectivity index (χ0v) is 15.2. The van der Waals surface area contributed by atoms with Gasteiger partial charge in [0.15, 0.2) is 0 Å². The number of carbonyl (C=O) groups is 2. The Kier molecular flexibility index (Phi) is 8.13. The van der Waals surface area contributed by atoms with E-state index in [2.05, 4.69) is 6.58 Å². The van der Waals surface area contributed by atoms with E-state index >= 15 is 0 Å². The minimum Gasteiger partial charge on any atom is -0.478 e. The number of carboxylic acid groups (broad SMARTS) is 1. The summed E-state index contributed by atoms with van der Waals surface area (Å²) >= 11 is 0. The highest BCUT2D eigenvalue weighted by atomic mass is 16.5. The first-order valence-electron chi connectivity index (χ1n) is 9.41. The van der Waals surface area contributed by atoms with Crippen molar-refractivity contribution in [3.63, 3.8) is 0 Å². The number of carbonyl (C=O) groups excluding carboxylic acids is 1. The molecule has 4 heteroatoms. The fourth-order valence-electron chi connectivity index (χ4n) is 3.38. The second kappa shape index (κ2) is 10.6. The Bertz CT molecular complexity index is 622. The smallest absolute Gasteiger partial charge is 0.338 e. The van der Waals surface area contributed by atoms with E-state index in [9.17, 15) is 9.59 Å². The van der Waals surface area contributed by atoms with Crippen molar-refractivity contribution in [2.45, 2.75) is 57.5 Å². The van der Waals surface area contributed by atoms with Gasteiger partial charge in [-0.05, 0) is 68.2 Å². The predicted octanol–water partition coefficient (Wildman–Crippen LogP) is 5.25. The summed E-state index contributed by atoms with van der Waals surface area (Å²) in [5.41, 5.74) is 1.24. The van der Waals surface area contributed by atoms with Crippen molar-refractivity contribution in [2.24, 2.45) is 5.92 Å². The van der Waals surface area contributed by atoms with Crippen LogP contribution >= 0.6 is 0 Å². The molecular formula is C22H28O4. The van der Waals surface area contributed by atoms with E-state index in [4.69, 9.17) is 9.84 Å². The van der Waals surface area contributed by atoms with Crippen molar-refractivity contribution in [3.05, 3.63) is 54.1 Å². The minimum absolute atomic E-state index is 0.0125. The summed E-state index contributed by atoms with van der Waals surface area (Å²) in [6.07, 6.45) is 13.5. The molecule has 0 bridgehead atoms. The number of hydrogen-bond acceptors (Lipinski definition) is 3. The minimum atomic E-state index is -0.996. The van der Waals surface area contributed by atoms with Gasteiger partial charge in [0, 0.05) is 6.08 Å². The maximum atomic E-state index is 12.3. The van der Waals surface area contributed by atoms with Crippen molar-refractivity contribution in [2.75, 3.05) is 0 Å². The van der Waals surface area contributed by atoms with Crippen LogP contribution in [0.3, 0.4) is 0 Å². The van der Waals surface area contributed by atoms with E-state index in [0.29, 0.717) is 5.56 Å². The predicted molar refractivity (Wildman–Crippen MR) is 103 cm³/mol. The molecular weight excluding hydrogens is 328 g/mol. The summed E-state index contributed by atoms with van der Waals surface area (Å²) < 4.78 is 5.64. The molecule has 0 spiro atoms. The quantitative estimate of drug-likeness (QED) is 0.284. The molecule has 1 aromatic rings. The second-order valence-electron chi connectivity index (χ2n) is 6.91. The summed E-state index contributed by atoms with van der Waals surface area (Å²) in [5, 5.41) is 8.63. The molecule has 0 aromatic heterocycles. The highest BCUT2D eigenvalue weighted by Gasteiger charge is 2.24. The van der Waals surface area contributed by atoms with E-state index in [0.717, 1.165) is 49.7 Å². The number of hydrogen-bond donors (Lipinski definition) is 1. The molecule has 1 aliphatic carbocycles. The van der Waals surface area contributed by atoms with Crippen LogP contribution in [0.25, 0.3) is 6.08 Å². The highest BCUT2D eigenvalue weighted by Crippen LogP contribution is 2.30. The number of ether oxygens (including phenoxy) is 1. The zero-order chi connectivity index (χ0) is 18.8. The molecule has 0 radical (unpaired) electrons. The molecule has 1 aliphatic rings. The lowest BCUT2D eigenvalue weighted by atomic mass is 9.84. The van der Waals surface area contributed by atoms with E-state index in [-0.39, 0.29) is 12.1 Å². The van der Waals surface area contributed by atoms with Crippen molar-refractivity contribution in [1.82, 2.24) is 0 Å². The Morgan fingerprint density at radius 1 is 1.12 bits per heavy atom. The normalized spacial score (nSPS) is 20.0. The number of allylic oxidation sites excluding steroid dienone is 1. The third-order valence-electron chi connectivity index (χ3n) is 4.90. The fraction of sp³-hybridized carbons (Fsp3) is 0.455. The molecule has 0 aliphatic heterocycles. The lowest BCUT2D eigenvalue weighted by Gasteiger charge is -2.28. The molecule has 0 amide bonds. The number of esters is 1. The van der Waals surface area contributed by atoms with E-state index in [1.807, 2.05) is 6.08 Å². The van der Waals surface area contributed by atoms with Crippen LogP contribution in [-0.2, 0) is 9.53 Å². The van der Waals surface area contributed by atoms with Gasteiger partial charge in [-0.2, -0.15) is 0 Å². The summed E-state index contributed by atoms with van der Waals surface area (Å²) in [6.45, 7) is 3.75. The van der Waals surface area contributed by atoms with E-state index in [1.54, 1.807) is 24.3 Å². The molecule has 0 heterocycles. The molecule has 140 valence electrons. The molecule has 4 nitrogen and oxygen atoms in total. The third kappa shape index (κ3) is 6.87. The van der Waals surface area contributed by atoms with E-state index < -0.39 is 5.97 Å². The molecule has 2 rings (SSSR count). The summed E-state index contributed by atoms with van der Waals surface area (Å²) in [5.74, 6) is -0.534. The van der Waals surface area contributed by atoms with Gasteiger partial charge >= 0.3 is 11.9 Å². The van der Waals surface area contributed by atoms with Crippen molar-refractivity contribution >= 4 is 18.0 Å². The first kappa shape index (κ1) is 20.0. The molecule has 1 fully saturated rings. The number of rotatable bonds is 9. The van der Waals surface area contributed by atoms with Gasteiger partial charge in [0.05, 0.1) is 5.56 Å². The van der Waals surface area contributed by atoms with Gasteiger partial charge in [0.25, 0.3) is 0 Å². The summed E-state index contributed by atoms with van der Waals surface area (Å²) in [4.78, 5) is 22.8. The van der Waals surface area contributed by atoms with Crippen LogP contribution < -0.4 is 0 Å². The first-order valence-corrected chi connectivity index (χ1v) is 9.41. The molecule has 1 saturated carbocycles. The maximum absolute atomic E-state index is 12.3. The van der Waals surface area contributed by atoms with Crippen LogP contribution in [0.1, 0.15) is 67.3 Å². The van der Waals surface area contributed by atoms with Gasteiger partial charge < -0.3 is 9.84 Å². The lowest BCUT2D eigenvalue weighted by Crippen LogP contribution is -2.24. The molecule has 26 heavy (non-hydrogen) atoms. The number of benzene rings is 1. The van der Waals surface area contributed by atoms with Gasteiger partial charge in [0.2, 0.25) is 0 Å². The number of aliphatic carboxylic acids is 1. The lowest BCUT2D eigenvalue weighted by molar-refractivity contribution is -0.131. The zero-order valence-electron chi connectivity index (χ0n) is 15.2. The second-order valence-corrected chi connectivity index (χ2v) is 6.91. The topological polar surface area (TPSA) is 63.6 Å². The maximum Gasteiger partial charge on any atom is 0.338 e. The van der Waals surface area contributed by atoms with Crippen molar-refractivity contribution < 1.29 is 19.4 Å². The summed E-state index contributed by atoms with van der Waals surface area (Å²) in [7, 11) is 0.